The SMILES string of the molecule is COc1cccc(-c2noc3c2CN(C(=O)c2ccsc2)CC3)c1. The second-order valence-electron chi connectivity index (χ2n) is 5.65. The van der Waals surface area contributed by atoms with E-state index in [-0.39, 0.29) is 5.91 Å². The third-order valence-corrected chi connectivity index (χ3v) is 4.91. The first-order chi connectivity index (χ1) is 11.8. The Labute approximate surface area is 143 Å². The van der Waals surface area contributed by atoms with E-state index in [2.05, 4.69) is 5.16 Å². The summed E-state index contributed by atoms with van der Waals surface area (Å²) in [5.74, 6) is 1.69. The summed E-state index contributed by atoms with van der Waals surface area (Å²) in [6.07, 6.45) is 0.683. The van der Waals surface area contributed by atoms with E-state index in [0.717, 1.165) is 33.9 Å². The third kappa shape index (κ3) is 2.59. The average molecular weight is 340 g/mol. The van der Waals surface area contributed by atoms with Gasteiger partial charge >= 0.3 is 0 Å². The molecule has 5 nitrogen and oxygen atoms in total. The lowest BCUT2D eigenvalue weighted by Crippen LogP contribution is -2.35. The predicted octanol–water partition coefficient (Wildman–Crippen LogP) is 3.61. The van der Waals surface area contributed by atoms with Crippen LogP contribution in [0.4, 0.5) is 0 Å². The van der Waals surface area contributed by atoms with Crippen molar-refractivity contribution in [3.8, 4) is 17.0 Å². The summed E-state index contributed by atoms with van der Waals surface area (Å²) in [7, 11) is 1.64. The fourth-order valence-corrected chi connectivity index (χ4v) is 3.58. The monoisotopic (exact) mass is 340 g/mol. The number of aromatic nitrogens is 1. The van der Waals surface area contributed by atoms with Gasteiger partial charge < -0.3 is 14.2 Å². The molecule has 4 rings (SSSR count). The van der Waals surface area contributed by atoms with E-state index in [1.54, 1.807) is 7.11 Å². The number of benzene rings is 1. The average Bonchev–Trinajstić information content (AvgIpc) is 3.30. The molecule has 0 spiro atoms. The minimum atomic E-state index is 0.0553. The number of hydrogen-bond acceptors (Lipinski definition) is 5. The standard InChI is InChI=1S/C18H16N2O3S/c1-22-14-4-2-3-12(9-14)17-15-10-20(7-5-16(15)23-19-17)18(21)13-6-8-24-11-13/h2-4,6,8-9,11H,5,7,10H2,1H3. The van der Waals surface area contributed by atoms with Crippen molar-refractivity contribution in [2.45, 2.75) is 13.0 Å². The molecular weight excluding hydrogens is 324 g/mol. The summed E-state index contributed by atoms with van der Waals surface area (Å²) in [6, 6.07) is 9.58. The highest BCUT2D eigenvalue weighted by Crippen LogP contribution is 2.32. The number of rotatable bonds is 3. The van der Waals surface area contributed by atoms with Crippen molar-refractivity contribution in [2.24, 2.45) is 0 Å². The molecule has 3 heterocycles. The van der Waals surface area contributed by atoms with Gasteiger partial charge in [0, 0.05) is 29.5 Å². The molecule has 0 saturated carbocycles. The number of thiophene rings is 1. The molecule has 0 N–H and O–H groups in total. The maximum absolute atomic E-state index is 12.6. The Bertz CT molecular complexity index is 870. The highest BCUT2D eigenvalue weighted by atomic mass is 32.1. The zero-order valence-corrected chi connectivity index (χ0v) is 14.0. The first-order valence-electron chi connectivity index (χ1n) is 7.69. The zero-order chi connectivity index (χ0) is 16.5. The van der Waals surface area contributed by atoms with Gasteiger partial charge in [-0.15, -0.1) is 0 Å². The van der Waals surface area contributed by atoms with E-state index in [9.17, 15) is 4.79 Å². The van der Waals surface area contributed by atoms with E-state index in [0.29, 0.717) is 19.5 Å². The molecule has 0 bridgehead atoms. The van der Waals surface area contributed by atoms with Crippen LogP contribution in [0.15, 0.2) is 45.6 Å². The van der Waals surface area contributed by atoms with E-state index < -0.39 is 0 Å². The number of hydrogen-bond donors (Lipinski definition) is 0. The lowest BCUT2D eigenvalue weighted by molar-refractivity contribution is 0.0729. The number of nitrogens with zero attached hydrogens (tertiary/aromatic N) is 2. The van der Waals surface area contributed by atoms with Crippen molar-refractivity contribution < 1.29 is 14.1 Å². The van der Waals surface area contributed by atoms with E-state index >= 15 is 0 Å². The highest BCUT2D eigenvalue weighted by molar-refractivity contribution is 7.08. The molecule has 1 amide bonds. The van der Waals surface area contributed by atoms with Crippen molar-refractivity contribution in [3.05, 3.63) is 58.0 Å². The smallest absolute Gasteiger partial charge is 0.255 e. The summed E-state index contributed by atoms with van der Waals surface area (Å²) in [6.45, 7) is 1.16. The summed E-state index contributed by atoms with van der Waals surface area (Å²) < 4.78 is 10.8. The van der Waals surface area contributed by atoms with Gasteiger partial charge in [-0.05, 0) is 23.6 Å². The summed E-state index contributed by atoms with van der Waals surface area (Å²) in [5, 5.41) is 8.04. The van der Waals surface area contributed by atoms with Gasteiger partial charge in [0.25, 0.3) is 5.91 Å². The molecule has 0 saturated heterocycles. The molecule has 0 fully saturated rings. The fourth-order valence-electron chi connectivity index (χ4n) is 2.95. The van der Waals surface area contributed by atoms with Crippen LogP contribution in [0.25, 0.3) is 11.3 Å². The maximum atomic E-state index is 12.6. The maximum Gasteiger partial charge on any atom is 0.255 e. The highest BCUT2D eigenvalue weighted by Gasteiger charge is 2.28. The Morgan fingerprint density at radius 2 is 2.29 bits per heavy atom. The molecule has 0 unspecified atom stereocenters. The lowest BCUT2D eigenvalue weighted by atomic mass is 10.0. The lowest BCUT2D eigenvalue weighted by Gasteiger charge is -2.26. The number of carbonyl (C=O) groups excluding carboxylic acids is 1. The summed E-state index contributed by atoms with van der Waals surface area (Å²) >= 11 is 1.53. The molecule has 3 aromatic rings. The number of ether oxygens (including phenoxy) is 1. The van der Waals surface area contributed by atoms with Crippen molar-refractivity contribution in [2.75, 3.05) is 13.7 Å². The Balaban J connectivity index is 1.65. The van der Waals surface area contributed by atoms with Crippen LogP contribution in [0.1, 0.15) is 21.7 Å². The van der Waals surface area contributed by atoms with Gasteiger partial charge in [-0.3, -0.25) is 4.79 Å². The molecular formula is C18H16N2O3S. The predicted molar refractivity (Wildman–Crippen MR) is 91.3 cm³/mol. The van der Waals surface area contributed by atoms with Gasteiger partial charge in [-0.25, -0.2) is 0 Å². The molecule has 0 radical (unpaired) electrons. The minimum absolute atomic E-state index is 0.0553. The van der Waals surface area contributed by atoms with Gasteiger partial charge in [0.1, 0.15) is 17.2 Å². The van der Waals surface area contributed by atoms with Gasteiger partial charge in [0.05, 0.1) is 19.2 Å². The van der Waals surface area contributed by atoms with Crippen LogP contribution in [-0.2, 0) is 13.0 Å². The van der Waals surface area contributed by atoms with Crippen LogP contribution in [0.2, 0.25) is 0 Å². The molecule has 0 aliphatic carbocycles. The molecule has 1 aromatic carbocycles. The summed E-state index contributed by atoms with van der Waals surface area (Å²) in [4.78, 5) is 14.5. The van der Waals surface area contributed by atoms with Crippen molar-refractivity contribution in [3.63, 3.8) is 0 Å². The van der Waals surface area contributed by atoms with Crippen LogP contribution < -0.4 is 4.74 Å². The molecule has 2 aromatic heterocycles. The van der Waals surface area contributed by atoms with Crippen LogP contribution in [0, 0.1) is 0 Å². The van der Waals surface area contributed by atoms with Crippen molar-refractivity contribution in [1.82, 2.24) is 10.1 Å². The molecule has 1 aliphatic heterocycles. The number of fused-ring (bicyclic) bond motifs is 1. The van der Waals surface area contributed by atoms with E-state index in [1.807, 2.05) is 46.0 Å². The molecule has 0 atom stereocenters. The molecule has 122 valence electrons. The van der Waals surface area contributed by atoms with Gasteiger partial charge in [0.15, 0.2) is 0 Å². The Kier molecular flexibility index (Phi) is 3.82. The van der Waals surface area contributed by atoms with Gasteiger partial charge in [0.2, 0.25) is 0 Å². The minimum Gasteiger partial charge on any atom is -0.497 e. The normalized spacial score (nSPS) is 13.6. The second kappa shape index (κ2) is 6.13. The zero-order valence-electron chi connectivity index (χ0n) is 13.2. The van der Waals surface area contributed by atoms with Crippen LogP contribution >= 0.6 is 11.3 Å². The Morgan fingerprint density at radius 1 is 1.38 bits per heavy atom. The number of methoxy groups -OCH3 is 1. The number of carbonyl (C=O) groups is 1. The van der Waals surface area contributed by atoms with Gasteiger partial charge in [-0.2, -0.15) is 11.3 Å². The van der Waals surface area contributed by atoms with Crippen LogP contribution in [-0.4, -0.2) is 29.6 Å². The Hall–Kier alpha value is -2.60. The van der Waals surface area contributed by atoms with Crippen molar-refractivity contribution >= 4 is 17.2 Å². The van der Waals surface area contributed by atoms with Crippen LogP contribution in [0.3, 0.4) is 0 Å². The first kappa shape index (κ1) is 15.0. The Morgan fingerprint density at radius 3 is 3.08 bits per heavy atom. The summed E-state index contributed by atoms with van der Waals surface area (Å²) in [5.41, 5.74) is 3.44. The topological polar surface area (TPSA) is 55.6 Å². The van der Waals surface area contributed by atoms with Gasteiger partial charge in [-0.1, -0.05) is 17.3 Å². The quantitative estimate of drug-likeness (QED) is 0.731. The number of amides is 1. The molecule has 24 heavy (non-hydrogen) atoms. The van der Waals surface area contributed by atoms with Crippen molar-refractivity contribution in [1.29, 1.82) is 0 Å². The van der Waals surface area contributed by atoms with E-state index in [1.165, 1.54) is 11.3 Å². The largest absolute Gasteiger partial charge is 0.497 e. The first-order valence-corrected chi connectivity index (χ1v) is 8.64. The molecule has 1 aliphatic rings. The fraction of sp³-hybridized carbons (Fsp3) is 0.222. The second-order valence-corrected chi connectivity index (χ2v) is 6.43. The van der Waals surface area contributed by atoms with Crippen LogP contribution in [0.5, 0.6) is 5.75 Å². The van der Waals surface area contributed by atoms with E-state index in [4.69, 9.17) is 9.26 Å². The third-order valence-electron chi connectivity index (χ3n) is 4.23. The molecule has 6 heteroatoms.